The summed E-state index contributed by atoms with van der Waals surface area (Å²) in [7, 11) is -9.13. The van der Waals surface area contributed by atoms with Gasteiger partial charge in [0.25, 0.3) is 0 Å². The average Bonchev–Trinajstić information content (AvgIpc) is 3.16. The lowest BCUT2D eigenvalue weighted by atomic mass is 9.97. The number of hydrogen-bond donors (Lipinski definition) is 6. The Morgan fingerprint density at radius 3 is 2.39 bits per heavy atom. The van der Waals surface area contributed by atoms with Gasteiger partial charge < -0.3 is 30.6 Å². The molecule has 198 valence electrons. The van der Waals surface area contributed by atoms with Crippen molar-refractivity contribution >= 4 is 40.9 Å². The molecule has 14 nitrogen and oxygen atoms in total. The number of benzene rings is 1. The molecule has 0 aromatic heterocycles. The number of nitrogens with zero attached hydrogens (tertiary/aromatic N) is 2. The number of aliphatic hydroxyl groups excluding tert-OH is 1. The number of imide groups is 1. The van der Waals surface area contributed by atoms with Crippen LogP contribution >= 0.6 is 7.60 Å². The number of urea groups is 2. The Hall–Kier alpha value is -3.04. The van der Waals surface area contributed by atoms with Crippen molar-refractivity contribution in [3.05, 3.63) is 35.7 Å². The first-order valence-corrected chi connectivity index (χ1v) is 13.9. The summed E-state index contributed by atoms with van der Waals surface area (Å²) in [4.78, 5) is 57.3. The third kappa shape index (κ3) is 5.68. The van der Waals surface area contributed by atoms with E-state index in [1.807, 2.05) is 0 Å². The molecule has 1 aromatic rings. The number of phenols is 1. The van der Waals surface area contributed by atoms with E-state index in [9.17, 15) is 51.8 Å². The topological polar surface area (TPSA) is 214 Å². The third-order valence-corrected chi connectivity index (χ3v) is 7.74. The van der Waals surface area contributed by atoms with Crippen molar-refractivity contribution in [1.82, 2.24) is 19.8 Å². The SMILES string of the molecule is CS(=O)(=O)N1CCN(C(=O)NC(C(=O)N[C@@H]2CC=CCC2O)c2ccc(P(=O)(O)O)c(F)c2O)C1=O. The average molecular weight is 550 g/mol. The number of hydrogen-bond acceptors (Lipinski definition) is 8. The summed E-state index contributed by atoms with van der Waals surface area (Å²) < 4.78 is 50.0. The van der Waals surface area contributed by atoms with E-state index in [0.717, 1.165) is 12.3 Å². The van der Waals surface area contributed by atoms with Crippen molar-refractivity contribution < 1.29 is 51.8 Å². The molecule has 36 heavy (non-hydrogen) atoms. The van der Waals surface area contributed by atoms with Gasteiger partial charge in [0.05, 0.1) is 31.5 Å². The first-order chi connectivity index (χ1) is 16.6. The summed E-state index contributed by atoms with van der Waals surface area (Å²) in [6, 6.07) is -3.75. The molecule has 3 atom stereocenters. The highest BCUT2D eigenvalue weighted by atomic mass is 32.2. The second kappa shape index (κ2) is 10.1. The first-order valence-electron chi connectivity index (χ1n) is 10.4. The Kier molecular flexibility index (Phi) is 7.76. The van der Waals surface area contributed by atoms with Crippen LogP contribution in [0.5, 0.6) is 5.75 Å². The van der Waals surface area contributed by atoms with Crippen molar-refractivity contribution in [2.45, 2.75) is 31.0 Å². The highest BCUT2D eigenvalue weighted by Crippen LogP contribution is 2.38. The van der Waals surface area contributed by atoms with Crippen LogP contribution in [0.15, 0.2) is 24.3 Å². The second-order valence-corrected chi connectivity index (χ2v) is 11.6. The minimum absolute atomic E-state index is 0.207. The zero-order chi connectivity index (χ0) is 27.0. The van der Waals surface area contributed by atoms with Crippen LogP contribution < -0.4 is 15.9 Å². The fourth-order valence-electron chi connectivity index (χ4n) is 3.75. The number of aliphatic hydroxyl groups is 1. The van der Waals surface area contributed by atoms with Gasteiger partial charge in [0.2, 0.25) is 15.9 Å². The summed E-state index contributed by atoms with van der Waals surface area (Å²) in [6.07, 6.45) is 3.54. The number of phenolic OH excluding ortho intramolecular Hbond substituents is 1. The third-order valence-electron chi connectivity index (χ3n) is 5.62. The highest BCUT2D eigenvalue weighted by molar-refractivity contribution is 7.88. The van der Waals surface area contributed by atoms with Gasteiger partial charge in [-0.25, -0.2) is 31.6 Å². The minimum atomic E-state index is -5.15. The molecular weight excluding hydrogens is 526 g/mol. The molecule has 5 amide bonds. The molecule has 17 heteroatoms. The molecule has 1 aliphatic carbocycles. The fraction of sp³-hybridized carbons (Fsp3) is 0.421. The number of amides is 5. The molecule has 2 unspecified atom stereocenters. The molecule has 3 rings (SSSR count). The highest BCUT2D eigenvalue weighted by Gasteiger charge is 2.40. The molecular formula is C19H24FN4O10PS. The van der Waals surface area contributed by atoms with Gasteiger partial charge in [-0.05, 0) is 18.9 Å². The van der Waals surface area contributed by atoms with E-state index < -0.39 is 76.2 Å². The Labute approximate surface area is 204 Å². The Balaban J connectivity index is 1.95. The first kappa shape index (κ1) is 27.5. The number of sulfonamides is 1. The van der Waals surface area contributed by atoms with E-state index in [-0.39, 0.29) is 25.9 Å². The zero-order valence-corrected chi connectivity index (χ0v) is 20.4. The van der Waals surface area contributed by atoms with Crippen LogP contribution in [0.1, 0.15) is 24.4 Å². The van der Waals surface area contributed by atoms with Crippen LogP contribution in [0.2, 0.25) is 0 Å². The Morgan fingerprint density at radius 2 is 1.83 bits per heavy atom. The fourth-order valence-corrected chi connectivity index (χ4v) is 5.17. The van der Waals surface area contributed by atoms with Crippen LogP contribution in [0.3, 0.4) is 0 Å². The predicted octanol–water partition coefficient (Wildman–Crippen LogP) is -1.02. The maximum absolute atomic E-state index is 14.6. The van der Waals surface area contributed by atoms with Gasteiger partial charge in [0.15, 0.2) is 11.6 Å². The summed E-state index contributed by atoms with van der Waals surface area (Å²) in [5, 5.41) is 23.9. The number of nitrogens with one attached hydrogen (secondary N) is 2. The van der Waals surface area contributed by atoms with E-state index in [1.165, 1.54) is 0 Å². The van der Waals surface area contributed by atoms with Crippen molar-refractivity contribution in [2.24, 2.45) is 0 Å². The van der Waals surface area contributed by atoms with E-state index in [2.05, 4.69) is 10.6 Å². The molecule has 1 aromatic carbocycles. The van der Waals surface area contributed by atoms with Crippen molar-refractivity contribution in [3.63, 3.8) is 0 Å². The lowest BCUT2D eigenvalue weighted by Gasteiger charge is -2.29. The molecule has 0 spiro atoms. The van der Waals surface area contributed by atoms with E-state index in [0.29, 0.717) is 15.3 Å². The van der Waals surface area contributed by atoms with Gasteiger partial charge >= 0.3 is 19.7 Å². The number of rotatable bonds is 6. The smallest absolute Gasteiger partial charge is 0.359 e. The molecule has 1 fully saturated rings. The number of carbonyl (C=O) groups is 3. The van der Waals surface area contributed by atoms with Crippen molar-refractivity contribution in [3.8, 4) is 5.75 Å². The lowest BCUT2D eigenvalue weighted by Crippen LogP contribution is -2.51. The molecule has 2 aliphatic rings. The summed E-state index contributed by atoms with van der Waals surface area (Å²) in [5.74, 6) is -4.12. The van der Waals surface area contributed by atoms with Crippen LogP contribution in [-0.2, 0) is 19.4 Å². The van der Waals surface area contributed by atoms with Gasteiger partial charge in [-0.2, -0.15) is 0 Å². The minimum Gasteiger partial charge on any atom is -0.505 e. The zero-order valence-electron chi connectivity index (χ0n) is 18.7. The predicted molar refractivity (Wildman–Crippen MR) is 121 cm³/mol. The van der Waals surface area contributed by atoms with Gasteiger partial charge in [-0.1, -0.05) is 18.2 Å². The summed E-state index contributed by atoms with van der Waals surface area (Å²) in [5.41, 5.74) is -0.608. The molecule has 6 N–H and O–H groups in total. The van der Waals surface area contributed by atoms with Crippen LogP contribution in [0, 0.1) is 5.82 Å². The number of carbonyl (C=O) groups excluding carboxylic acids is 3. The maximum Gasteiger partial charge on any atom is 0.359 e. The summed E-state index contributed by atoms with van der Waals surface area (Å²) >= 11 is 0. The van der Waals surface area contributed by atoms with E-state index >= 15 is 0 Å². The molecule has 0 radical (unpaired) electrons. The van der Waals surface area contributed by atoms with Crippen LogP contribution in [-0.4, -0.2) is 87.1 Å². The van der Waals surface area contributed by atoms with E-state index in [4.69, 9.17) is 0 Å². The molecule has 0 bridgehead atoms. The van der Waals surface area contributed by atoms with Gasteiger partial charge in [0, 0.05) is 5.56 Å². The second-order valence-electron chi connectivity index (χ2n) is 8.16. The molecule has 0 saturated carbocycles. The van der Waals surface area contributed by atoms with Crippen LogP contribution in [0.4, 0.5) is 14.0 Å². The Morgan fingerprint density at radius 1 is 1.19 bits per heavy atom. The van der Waals surface area contributed by atoms with Crippen LogP contribution in [0.25, 0.3) is 0 Å². The Bertz CT molecular complexity index is 1270. The van der Waals surface area contributed by atoms with Crippen molar-refractivity contribution in [1.29, 1.82) is 0 Å². The van der Waals surface area contributed by atoms with E-state index in [1.54, 1.807) is 12.2 Å². The maximum atomic E-state index is 14.6. The summed E-state index contributed by atoms with van der Waals surface area (Å²) in [6.45, 7) is -0.713. The number of halogens is 1. The van der Waals surface area contributed by atoms with Gasteiger partial charge in [-0.15, -0.1) is 0 Å². The molecule has 1 heterocycles. The normalized spacial score (nSPS) is 21.4. The monoisotopic (exact) mass is 550 g/mol. The lowest BCUT2D eigenvalue weighted by molar-refractivity contribution is -0.124. The largest absolute Gasteiger partial charge is 0.505 e. The van der Waals surface area contributed by atoms with Gasteiger partial charge in [-0.3, -0.25) is 9.36 Å². The molecule has 1 saturated heterocycles. The van der Waals surface area contributed by atoms with Crippen molar-refractivity contribution in [2.75, 3.05) is 19.3 Å². The molecule has 1 aliphatic heterocycles. The van der Waals surface area contributed by atoms with Gasteiger partial charge in [0.1, 0.15) is 11.3 Å². The number of aromatic hydroxyl groups is 1. The quantitative estimate of drug-likeness (QED) is 0.187. The standard InChI is InChI=1S/C19H24FN4O10PS/c1-36(33,34)24-9-8-23(19(24)29)18(28)22-15(17(27)21-11-4-2-3-5-12(11)25)10-6-7-13(35(30,31)32)14(20)16(10)26/h2-3,6-7,11-12,15,25-26H,4-5,8-9H2,1H3,(H,21,27)(H,22,28)(H2,30,31,32)/t11-,12?,15?/m1/s1.